The number of rotatable bonds is 3. The van der Waals surface area contributed by atoms with E-state index in [1.807, 2.05) is 18.3 Å². The Balaban J connectivity index is 1.93. The molecule has 0 fully saturated rings. The number of nitrogens with one attached hydrogen (secondary N) is 2. The maximum absolute atomic E-state index is 5.79. The van der Waals surface area contributed by atoms with Crippen LogP contribution in [0.2, 0.25) is 4.34 Å². The van der Waals surface area contributed by atoms with Gasteiger partial charge in [0, 0.05) is 17.6 Å². The monoisotopic (exact) mass is 213 g/mol. The van der Waals surface area contributed by atoms with Crippen molar-refractivity contribution >= 4 is 28.6 Å². The molecule has 2 aromatic heterocycles. The molecular formula is C8H8ClN3S. The van der Waals surface area contributed by atoms with Gasteiger partial charge in [-0.25, -0.2) is 0 Å². The van der Waals surface area contributed by atoms with E-state index in [0.29, 0.717) is 0 Å². The molecule has 13 heavy (non-hydrogen) atoms. The zero-order valence-electron chi connectivity index (χ0n) is 6.75. The van der Waals surface area contributed by atoms with Gasteiger partial charge in [-0.05, 0) is 12.1 Å². The molecule has 2 heterocycles. The first kappa shape index (κ1) is 8.59. The zero-order chi connectivity index (χ0) is 9.10. The van der Waals surface area contributed by atoms with Crippen molar-refractivity contribution in [3.8, 4) is 0 Å². The molecule has 0 spiro atoms. The fourth-order valence-electron chi connectivity index (χ4n) is 0.983. The Bertz CT molecular complexity index is 368. The van der Waals surface area contributed by atoms with Crippen molar-refractivity contribution in [2.24, 2.45) is 0 Å². The molecule has 0 saturated carbocycles. The van der Waals surface area contributed by atoms with Crippen LogP contribution in [-0.4, -0.2) is 10.2 Å². The van der Waals surface area contributed by atoms with Crippen LogP contribution in [0.5, 0.6) is 0 Å². The van der Waals surface area contributed by atoms with Crippen LogP contribution in [-0.2, 0) is 6.54 Å². The molecule has 3 nitrogen and oxygen atoms in total. The van der Waals surface area contributed by atoms with Crippen molar-refractivity contribution in [1.82, 2.24) is 10.2 Å². The van der Waals surface area contributed by atoms with Gasteiger partial charge in [0.15, 0.2) is 0 Å². The maximum atomic E-state index is 5.79. The molecule has 0 aromatic carbocycles. The molecule has 2 aromatic rings. The number of H-pyrrole nitrogens is 1. The number of aromatic amines is 1. The van der Waals surface area contributed by atoms with Gasteiger partial charge < -0.3 is 5.32 Å². The molecular weight excluding hydrogens is 206 g/mol. The molecule has 68 valence electrons. The molecule has 2 rings (SSSR count). The summed E-state index contributed by atoms with van der Waals surface area (Å²) in [5.74, 6) is 0. The first-order valence-electron chi connectivity index (χ1n) is 3.81. The van der Waals surface area contributed by atoms with Gasteiger partial charge in [-0.15, -0.1) is 11.3 Å². The fourth-order valence-corrected chi connectivity index (χ4v) is 2.01. The summed E-state index contributed by atoms with van der Waals surface area (Å²) in [6, 6.07) is 3.92. The maximum Gasteiger partial charge on any atom is 0.0931 e. The molecule has 0 aliphatic carbocycles. The Morgan fingerprint density at radius 1 is 1.54 bits per heavy atom. The highest BCUT2D eigenvalue weighted by Crippen LogP contribution is 2.21. The van der Waals surface area contributed by atoms with Crippen molar-refractivity contribution in [1.29, 1.82) is 0 Å². The van der Waals surface area contributed by atoms with E-state index in [2.05, 4.69) is 15.5 Å². The highest BCUT2D eigenvalue weighted by Gasteiger charge is 1.97. The molecule has 0 bridgehead atoms. The third-order valence-electron chi connectivity index (χ3n) is 1.59. The standard InChI is InChI=1S/C8H8ClN3S/c9-8-2-1-7(13-8)5-10-6-3-11-12-4-6/h1-4,10H,5H2,(H,11,12). The van der Waals surface area contributed by atoms with Crippen LogP contribution >= 0.6 is 22.9 Å². The Hall–Kier alpha value is -1.00. The first-order chi connectivity index (χ1) is 6.34. The summed E-state index contributed by atoms with van der Waals surface area (Å²) in [7, 11) is 0. The summed E-state index contributed by atoms with van der Waals surface area (Å²) in [5.41, 5.74) is 0.990. The van der Waals surface area contributed by atoms with E-state index in [1.165, 1.54) is 4.88 Å². The van der Waals surface area contributed by atoms with Crippen LogP contribution in [0.1, 0.15) is 4.88 Å². The zero-order valence-corrected chi connectivity index (χ0v) is 8.32. The van der Waals surface area contributed by atoms with Crippen molar-refractivity contribution in [3.63, 3.8) is 0 Å². The lowest BCUT2D eigenvalue weighted by Crippen LogP contribution is -1.95. The molecule has 0 aliphatic heterocycles. The summed E-state index contributed by atoms with van der Waals surface area (Å²) in [6.07, 6.45) is 3.56. The third kappa shape index (κ3) is 2.23. The van der Waals surface area contributed by atoms with Gasteiger partial charge in [-0.2, -0.15) is 5.10 Å². The van der Waals surface area contributed by atoms with Crippen molar-refractivity contribution < 1.29 is 0 Å². The van der Waals surface area contributed by atoms with Crippen LogP contribution in [0.15, 0.2) is 24.5 Å². The van der Waals surface area contributed by atoms with Gasteiger partial charge in [0.2, 0.25) is 0 Å². The highest BCUT2D eigenvalue weighted by molar-refractivity contribution is 7.16. The number of nitrogens with zero attached hydrogens (tertiary/aromatic N) is 1. The summed E-state index contributed by atoms with van der Waals surface area (Å²) in [5, 5.41) is 9.78. The van der Waals surface area contributed by atoms with E-state index >= 15 is 0 Å². The summed E-state index contributed by atoms with van der Waals surface area (Å²) >= 11 is 7.38. The second kappa shape index (κ2) is 3.81. The predicted octanol–water partition coefficient (Wildman–Crippen LogP) is 2.74. The number of halogens is 1. The van der Waals surface area contributed by atoms with Gasteiger partial charge in [0.1, 0.15) is 0 Å². The number of aromatic nitrogens is 2. The number of hydrogen-bond donors (Lipinski definition) is 2. The number of anilines is 1. The Morgan fingerprint density at radius 2 is 2.46 bits per heavy atom. The molecule has 0 radical (unpaired) electrons. The Morgan fingerprint density at radius 3 is 3.08 bits per heavy atom. The van der Waals surface area contributed by atoms with Crippen molar-refractivity contribution in [2.75, 3.05) is 5.32 Å². The molecule has 5 heteroatoms. The second-order valence-corrected chi connectivity index (χ2v) is 4.35. The third-order valence-corrected chi connectivity index (χ3v) is 2.82. The van der Waals surface area contributed by atoms with Crippen LogP contribution in [0.3, 0.4) is 0 Å². The quantitative estimate of drug-likeness (QED) is 0.823. The average molecular weight is 214 g/mol. The summed E-state index contributed by atoms with van der Waals surface area (Å²) in [4.78, 5) is 1.21. The Labute approximate surface area is 84.7 Å². The number of hydrogen-bond acceptors (Lipinski definition) is 3. The Kier molecular flexibility index (Phi) is 2.52. The molecule has 0 saturated heterocycles. The minimum absolute atomic E-state index is 0.789. The average Bonchev–Trinajstić information content (AvgIpc) is 2.71. The van der Waals surface area contributed by atoms with Crippen LogP contribution in [0.4, 0.5) is 5.69 Å². The molecule has 0 aliphatic rings. The van der Waals surface area contributed by atoms with E-state index in [9.17, 15) is 0 Å². The summed E-state index contributed by atoms with van der Waals surface area (Å²) in [6.45, 7) is 0.789. The molecule has 0 unspecified atom stereocenters. The molecule has 0 amide bonds. The first-order valence-corrected chi connectivity index (χ1v) is 5.01. The number of thiophene rings is 1. The smallest absolute Gasteiger partial charge is 0.0931 e. The minimum Gasteiger partial charge on any atom is -0.378 e. The molecule has 0 atom stereocenters. The van der Waals surface area contributed by atoms with E-state index in [4.69, 9.17) is 11.6 Å². The predicted molar refractivity (Wildman–Crippen MR) is 55.2 cm³/mol. The lowest BCUT2D eigenvalue weighted by atomic mass is 10.4. The van der Waals surface area contributed by atoms with Crippen molar-refractivity contribution in [2.45, 2.75) is 6.54 Å². The lowest BCUT2D eigenvalue weighted by molar-refractivity contribution is 1.09. The van der Waals surface area contributed by atoms with Crippen LogP contribution < -0.4 is 5.32 Å². The normalized spacial score (nSPS) is 10.2. The van der Waals surface area contributed by atoms with E-state index in [1.54, 1.807) is 17.5 Å². The van der Waals surface area contributed by atoms with E-state index < -0.39 is 0 Å². The van der Waals surface area contributed by atoms with Gasteiger partial charge in [0.25, 0.3) is 0 Å². The van der Waals surface area contributed by atoms with Crippen LogP contribution in [0.25, 0.3) is 0 Å². The summed E-state index contributed by atoms with van der Waals surface area (Å²) < 4.78 is 0.823. The highest BCUT2D eigenvalue weighted by atomic mass is 35.5. The van der Waals surface area contributed by atoms with Gasteiger partial charge >= 0.3 is 0 Å². The molecule has 2 N–H and O–H groups in total. The van der Waals surface area contributed by atoms with Crippen molar-refractivity contribution in [3.05, 3.63) is 33.7 Å². The second-order valence-electron chi connectivity index (χ2n) is 2.55. The van der Waals surface area contributed by atoms with E-state index in [0.717, 1.165) is 16.6 Å². The SMILES string of the molecule is Clc1ccc(CNc2cn[nH]c2)s1. The fraction of sp³-hybridized carbons (Fsp3) is 0.125. The van der Waals surface area contributed by atoms with Crippen LogP contribution in [0, 0.1) is 0 Å². The van der Waals surface area contributed by atoms with E-state index in [-0.39, 0.29) is 0 Å². The lowest BCUT2D eigenvalue weighted by Gasteiger charge is -1.98. The van der Waals surface area contributed by atoms with Gasteiger partial charge in [-0.1, -0.05) is 11.6 Å². The van der Waals surface area contributed by atoms with Gasteiger partial charge in [-0.3, -0.25) is 5.10 Å². The van der Waals surface area contributed by atoms with Gasteiger partial charge in [0.05, 0.1) is 16.2 Å². The largest absolute Gasteiger partial charge is 0.378 e. The minimum atomic E-state index is 0.789. The topological polar surface area (TPSA) is 40.7 Å².